The number of hydrogen-bond acceptors (Lipinski definition) is 2. The van der Waals surface area contributed by atoms with Crippen molar-refractivity contribution in [3.63, 3.8) is 0 Å². The molecule has 0 radical (unpaired) electrons. The lowest BCUT2D eigenvalue weighted by Gasteiger charge is -2.32. The van der Waals surface area contributed by atoms with Crippen LogP contribution in [0.25, 0.3) is 0 Å². The maximum Gasteiger partial charge on any atom is 0.317 e. The van der Waals surface area contributed by atoms with Gasteiger partial charge in [-0.25, -0.2) is 4.79 Å². The standard InChI is InChI=1S/C13H24N2OS/c1-10-6-8-15(9-7-10)13(16)14-11-4-3-5-12(11)17-2/h10-12H,3-9H2,1-2H3,(H,14,16). The lowest BCUT2D eigenvalue weighted by molar-refractivity contribution is 0.171. The Labute approximate surface area is 109 Å². The Hall–Kier alpha value is -0.380. The summed E-state index contributed by atoms with van der Waals surface area (Å²) in [4.78, 5) is 14.1. The molecule has 2 unspecified atom stereocenters. The van der Waals surface area contributed by atoms with E-state index < -0.39 is 0 Å². The summed E-state index contributed by atoms with van der Waals surface area (Å²) in [6, 6.07) is 0.569. The van der Waals surface area contributed by atoms with E-state index in [0.717, 1.165) is 38.3 Å². The molecule has 2 fully saturated rings. The largest absolute Gasteiger partial charge is 0.334 e. The Morgan fingerprint density at radius 1 is 1.24 bits per heavy atom. The Bertz CT molecular complexity index is 264. The second-order valence-electron chi connectivity index (χ2n) is 5.43. The van der Waals surface area contributed by atoms with E-state index in [9.17, 15) is 4.79 Å². The van der Waals surface area contributed by atoms with Crippen molar-refractivity contribution in [3.05, 3.63) is 0 Å². The summed E-state index contributed by atoms with van der Waals surface area (Å²) in [5, 5.41) is 3.86. The molecule has 1 heterocycles. The van der Waals surface area contributed by atoms with E-state index >= 15 is 0 Å². The third-order valence-electron chi connectivity index (χ3n) is 4.14. The summed E-state index contributed by atoms with van der Waals surface area (Å²) in [6.07, 6.45) is 8.13. The molecule has 1 saturated heterocycles. The molecular weight excluding hydrogens is 232 g/mol. The van der Waals surface area contributed by atoms with Crippen LogP contribution in [0.3, 0.4) is 0 Å². The van der Waals surface area contributed by atoms with E-state index in [2.05, 4.69) is 18.5 Å². The summed E-state index contributed by atoms with van der Waals surface area (Å²) in [5.74, 6) is 0.782. The molecule has 0 aromatic heterocycles. The molecule has 0 spiro atoms. The molecular formula is C13H24N2OS. The number of rotatable bonds is 2. The number of carbonyl (C=O) groups excluding carboxylic acids is 1. The Balaban J connectivity index is 1.80. The highest BCUT2D eigenvalue weighted by molar-refractivity contribution is 7.99. The summed E-state index contributed by atoms with van der Waals surface area (Å²) in [6.45, 7) is 4.14. The van der Waals surface area contributed by atoms with E-state index in [1.54, 1.807) is 0 Å². The van der Waals surface area contributed by atoms with Crippen molar-refractivity contribution in [1.29, 1.82) is 0 Å². The molecule has 2 atom stereocenters. The second-order valence-corrected chi connectivity index (χ2v) is 6.51. The molecule has 1 aliphatic heterocycles. The predicted molar refractivity (Wildman–Crippen MR) is 73.4 cm³/mol. The Kier molecular flexibility index (Phi) is 4.60. The molecule has 4 heteroatoms. The van der Waals surface area contributed by atoms with Gasteiger partial charge in [-0.3, -0.25) is 0 Å². The van der Waals surface area contributed by atoms with Crippen LogP contribution in [0.4, 0.5) is 4.79 Å². The fourth-order valence-electron chi connectivity index (χ4n) is 2.83. The smallest absolute Gasteiger partial charge is 0.317 e. The average molecular weight is 256 g/mol. The number of urea groups is 1. The average Bonchev–Trinajstić information content (AvgIpc) is 2.77. The van der Waals surface area contributed by atoms with Crippen molar-refractivity contribution in [2.24, 2.45) is 5.92 Å². The number of carbonyl (C=O) groups is 1. The van der Waals surface area contributed by atoms with Crippen LogP contribution in [0.1, 0.15) is 39.0 Å². The van der Waals surface area contributed by atoms with Crippen LogP contribution in [0, 0.1) is 5.92 Å². The minimum Gasteiger partial charge on any atom is -0.334 e. The van der Waals surface area contributed by atoms with Crippen LogP contribution in [0.5, 0.6) is 0 Å². The zero-order valence-electron chi connectivity index (χ0n) is 10.9. The molecule has 2 rings (SSSR count). The minimum absolute atomic E-state index is 0.169. The first-order valence-electron chi connectivity index (χ1n) is 6.79. The van der Waals surface area contributed by atoms with Crippen LogP contribution in [-0.2, 0) is 0 Å². The van der Waals surface area contributed by atoms with Crippen LogP contribution in [-0.4, -0.2) is 41.6 Å². The lowest BCUT2D eigenvalue weighted by atomic mass is 10.00. The number of nitrogens with one attached hydrogen (secondary N) is 1. The van der Waals surface area contributed by atoms with Gasteiger partial charge in [0.1, 0.15) is 0 Å². The molecule has 1 saturated carbocycles. The summed E-state index contributed by atoms with van der Waals surface area (Å²) >= 11 is 1.90. The maximum absolute atomic E-state index is 12.1. The van der Waals surface area contributed by atoms with Gasteiger partial charge < -0.3 is 10.2 Å². The first-order valence-corrected chi connectivity index (χ1v) is 8.07. The molecule has 0 aromatic rings. The van der Waals surface area contributed by atoms with Crippen molar-refractivity contribution in [1.82, 2.24) is 10.2 Å². The molecule has 0 aromatic carbocycles. The van der Waals surface area contributed by atoms with Gasteiger partial charge in [-0.15, -0.1) is 0 Å². The molecule has 2 aliphatic rings. The van der Waals surface area contributed by atoms with Crippen LogP contribution in [0.15, 0.2) is 0 Å². The molecule has 1 aliphatic carbocycles. The third kappa shape index (κ3) is 3.30. The maximum atomic E-state index is 12.1. The van der Waals surface area contributed by atoms with Crippen LogP contribution >= 0.6 is 11.8 Å². The topological polar surface area (TPSA) is 32.3 Å². The normalized spacial score (nSPS) is 30.6. The van der Waals surface area contributed by atoms with Gasteiger partial charge in [0.15, 0.2) is 0 Å². The predicted octanol–water partition coefficient (Wildman–Crippen LogP) is 2.71. The summed E-state index contributed by atoms with van der Waals surface area (Å²) < 4.78 is 0. The number of amides is 2. The molecule has 0 bridgehead atoms. The quantitative estimate of drug-likeness (QED) is 0.824. The number of likely N-dealkylation sites (tertiary alicyclic amines) is 1. The van der Waals surface area contributed by atoms with E-state index in [-0.39, 0.29) is 6.03 Å². The first kappa shape index (κ1) is 13.1. The van der Waals surface area contributed by atoms with E-state index in [0.29, 0.717) is 11.3 Å². The van der Waals surface area contributed by atoms with Crippen molar-refractivity contribution in [2.45, 2.75) is 50.3 Å². The fraction of sp³-hybridized carbons (Fsp3) is 0.923. The van der Waals surface area contributed by atoms with Gasteiger partial charge in [-0.05, 0) is 37.9 Å². The Morgan fingerprint density at radius 2 is 1.94 bits per heavy atom. The molecule has 1 N–H and O–H groups in total. The summed E-state index contributed by atoms with van der Waals surface area (Å²) in [7, 11) is 0. The summed E-state index contributed by atoms with van der Waals surface area (Å²) in [5.41, 5.74) is 0. The SMILES string of the molecule is CSC1CCCC1NC(=O)N1CCC(C)CC1. The van der Waals surface area contributed by atoms with E-state index in [1.165, 1.54) is 12.8 Å². The van der Waals surface area contributed by atoms with E-state index in [4.69, 9.17) is 0 Å². The van der Waals surface area contributed by atoms with Crippen molar-refractivity contribution in [3.8, 4) is 0 Å². The molecule has 3 nitrogen and oxygen atoms in total. The van der Waals surface area contributed by atoms with Gasteiger partial charge in [0.05, 0.1) is 0 Å². The first-order chi connectivity index (χ1) is 8.20. The van der Waals surface area contributed by atoms with E-state index in [1.807, 2.05) is 16.7 Å². The zero-order valence-corrected chi connectivity index (χ0v) is 11.8. The lowest BCUT2D eigenvalue weighted by Crippen LogP contribution is -2.49. The highest BCUT2D eigenvalue weighted by Crippen LogP contribution is 2.28. The number of nitrogens with zero attached hydrogens (tertiary/aromatic N) is 1. The number of piperidine rings is 1. The Morgan fingerprint density at radius 3 is 2.59 bits per heavy atom. The van der Waals surface area contributed by atoms with Crippen LogP contribution in [0.2, 0.25) is 0 Å². The molecule has 17 heavy (non-hydrogen) atoms. The van der Waals surface area contributed by atoms with Gasteiger partial charge in [0.25, 0.3) is 0 Å². The number of thioether (sulfide) groups is 1. The van der Waals surface area contributed by atoms with Gasteiger partial charge in [-0.1, -0.05) is 13.3 Å². The van der Waals surface area contributed by atoms with Gasteiger partial charge in [0.2, 0.25) is 0 Å². The fourth-order valence-corrected chi connectivity index (χ4v) is 3.77. The minimum atomic E-state index is 0.169. The zero-order chi connectivity index (χ0) is 12.3. The van der Waals surface area contributed by atoms with Crippen molar-refractivity contribution >= 4 is 17.8 Å². The second kappa shape index (κ2) is 5.98. The van der Waals surface area contributed by atoms with Crippen molar-refractivity contribution in [2.75, 3.05) is 19.3 Å². The van der Waals surface area contributed by atoms with Crippen molar-refractivity contribution < 1.29 is 4.79 Å². The van der Waals surface area contributed by atoms with Gasteiger partial charge >= 0.3 is 6.03 Å². The highest BCUT2D eigenvalue weighted by Gasteiger charge is 2.29. The monoisotopic (exact) mass is 256 g/mol. The number of hydrogen-bond donors (Lipinski definition) is 1. The highest BCUT2D eigenvalue weighted by atomic mass is 32.2. The molecule has 2 amide bonds. The van der Waals surface area contributed by atoms with Crippen LogP contribution < -0.4 is 5.32 Å². The third-order valence-corrected chi connectivity index (χ3v) is 5.30. The molecule has 98 valence electrons. The van der Waals surface area contributed by atoms with Gasteiger partial charge in [0, 0.05) is 24.4 Å². The van der Waals surface area contributed by atoms with Gasteiger partial charge in [-0.2, -0.15) is 11.8 Å².